The number of rotatable bonds is 3. The molecule has 0 aliphatic heterocycles. The van der Waals surface area contributed by atoms with Crippen LogP contribution in [0.5, 0.6) is 0 Å². The van der Waals surface area contributed by atoms with Gasteiger partial charge in [-0.2, -0.15) is 0 Å². The van der Waals surface area contributed by atoms with Crippen molar-refractivity contribution in [3.05, 3.63) is 17.5 Å². The number of aryl methyl sites for hydroxylation is 1. The Morgan fingerprint density at radius 3 is 2.86 bits per heavy atom. The number of hydrogen-bond donors (Lipinski definition) is 1. The summed E-state index contributed by atoms with van der Waals surface area (Å²) in [5.74, 6) is -0.933. The molecule has 0 aromatic carbocycles. The average molecular weight is 198 g/mol. The number of methoxy groups -OCH3 is 1. The Hall–Kier alpha value is -1.85. The minimum atomic E-state index is -0.519. The molecule has 0 atom stereocenters. The average Bonchev–Trinajstić information content (AvgIpc) is 2.60. The highest BCUT2D eigenvalue weighted by Crippen LogP contribution is 2.00. The fourth-order valence-electron chi connectivity index (χ4n) is 0.782. The molecule has 0 fully saturated rings. The minimum absolute atomic E-state index is 0.0754. The van der Waals surface area contributed by atoms with E-state index in [0.717, 1.165) is 0 Å². The van der Waals surface area contributed by atoms with Crippen molar-refractivity contribution in [3.8, 4) is 0 Å². The van der Waals surface area contributed by atoms with Crippen molar-refractivity contribution in [1.29, 1.82) is 0 Å². The molecule has 0 aliphatic carbocycles. The van der Waals surface area contributed by atoms with Crippen LogP contribution in [-0.2, 0) is 9.53 Å². The Morgan fingerprint density at radius 1 is 1.64 bits per heavy atom. The molecule has 0 bridgehead atoms. The topological polar surface area (TPSA) is 81.4 Å². The van der Waals surface area contributed by atoms with E-state index in [1.54, 1.807) is 6.92 Å². The summed E-state index contributed by atoms with van der Waals surface area (Å²) in [6.07, 6.45) is 0. The normalized spacial score (nSPS) is 9.57. The lowest BCUT2D eigenvalue weighted by Crippen LogP contribution is -2.29. The van der Waals surface area contributed by atoms with E-state index in [1.807, 2.05) is 0 Å². The Labute approximate surface area is 80.2 Å². The number of carbonyl (C=O) groups is 2. The molecule has 0 saturated heterocycles. The maximum absolute atomic E-state index is 11.2. The first kappa shape index (κ1) is 10.2. The SMILES string of the molecule is COC(=O)CNC(=O)c1cc(C)no1. The van der Waals surface area contributed by atoms with Gasteiger partial charge in [-0.1, -0.05) is 5.16 Å². The molecule has 6 nitrogen and oxygen atoms in total. The fraction of sp³-hybridized carbons (Fsp3) is 0.375. The van der Waals surface area contributed by atoms with Gasteiger partial charge in [0.15, 0.2) is 0 Å². The third-order valence-corrected chi connectivity index (χ3v) is 1.47. The molecule has 1 aromatic rings. The lowest BCUT2D eigenvalue weighted by atomic mass is 10.3. The van der Waals surface area contributed by atoms with E-state index in [4.69, 9.17) is 0 Å². The fourth-order valence-corrected chi connectivity index (χ4v) is 0.782. The van der Waals surface area contributed by atoms with Crippen molar-refractivity contribution >= 4 is 11.9 Å². The standard InChI is InChI=1S/C8H10N2O4/c1-5-3-6(14-10-5)8(12)9-4-7(11)13-2/h3H,4H2,1-2H3,(H,9,12). The molecule has 76 valence electrons. The summed E-state index contributed by atoms with van der Waals surface area (Å²) in [5, 5.41) is 5.85. The van der Waals surface area contributed by atoms with Crippen LogP contribution in [0.1, 0.15) is 16.2 Å². The number of esters is 1. The molecule has 0 spiro atoms. The number of nitrogens with one attached hydrogen (secondary N) is 1. The number of nitrogens with zero attached hydrogens (tertiary/aromatic N) is 1. The van der Waals surface area contributed by atoms with Crippen molar-refractivity contribution in [2.45, 2.75) is 6.92 Å². The number of carbonyl (C=O) groups excluding carboxylic acids is 2. The van der Waals surface area contributed by atoms with E-state index in [0.29, 0.717) is 5.69 Å². The first-order valence-corrected chi connectivity index (χ1v) is 3.92. The van der Waals surface area contributed by atoms with Crippen LogP contribution in [0.3, 0.4) is 0 Å². The molecule has 1 N–H and O–H groups in total. The lowest BCUT2D eigenvalue weighted by molar-refractivity contribution is -0.139. The van der Waals surface area contributed by atoms with Gasteiger partial charge in [-0.05, 0) is 6.92 Å². The summed E-state index contributed by atoms with van der Waals surface area (Å²) in [7, 11) is 1.24. The molecular weight excluding hydrogens is 188 g/mol. The largest absolute Gasteiger partial charge is 0.468 e. The highest BCUT2D eigenvalue weighted by Gasteiger charge is 2.12. The van der Waals surface area contributed by atoms with E-state index >= 15 is 0 Å². The Balaban J connectivity index is 2.47. The van der Waals surface area contributed by atoms with Gasteiger partial charge < -0.3 is 14.6 Å². The molecule has 1 heterocycles. The van der Waals surface area contributed by atoms with Gasteiger partial charge in [0.2, 0.25) is 5.76 Å². The van der Waals surface area contributed by atoms with Crippen LogP contribution in [0.25, 0.3) is 0 Å². The van der Waals surface area contributed by atoms with Crippen molar-refractivity contribution in [2.24, 2.45) is 0 Å². The van der Waals surface area contributed by atoms with Gasteiger partial charge in [-0.25, -0.2) is 0 Å². The molecule has 14 heavy (non-hydrogen) atoms. The van der Waals surface area contributed by atoms with Crippen LogP contribution >= 0.6 is 0 Å². The maximum Gasteiger partial charge on any atom is 0.325 e. The predicted molar refractivity (Wildman–Crippen MR) is 45.6 cm³/mol. The van der Waals surface area contributed by atoms with E-state index in [1.165, 1.54) is 13.2 Å². The zero-order valence-electron chi connectivity index (χ0n) is 7.86. The number of amides is 1. The van der Waals surface area contributed by atoms with Crippen LogP contribution in [0.2, 0.25) is 0 Å². The summed E-state index contributed by atoms with van der Waals surface area (Å²) in [6, 6.07) is 1.48. The Bertz CT molecular complexity index is 345. The summed E-state index contributed by atoms with van der Waals surface area (Å²) in [6.45, 7) is 1.51. The molecule has 6 heteroatoms. The predicted octanol–water partition coefficient (Wildman–Crippen LogP) is -0.114. The molecule has 0 aliphatic rings. The minimum Gasteiger partial charge on any atom is -0.468 e. The molecule has 0 unspecified atom stereocenters. The second kappa shape index (κ2) is 4.40. The Kier molecular flexibility index (Phi) is 3.22. The summed E-state index contributed by atoms with van der Waals surface area (Å²) in [5.41, 5.74) is 0.605. The number of ether oxygens (including phenoxy) is 1. The van der Waals surface area contributed by atoms with Crippen LogP contribution in [0.4, 0.5) is 0 Å². The molecule has 0 saturated carbocycles. The summed E-state index contributed by atoms with van der Waals surface area (Å²) in [4.78, 5) is 21.9. The molecule has 1 aromatic heterocycles. The third kappa shape index (κ3) is 2.58. The van der Waals surface area contributed by atoms with Gasteiger partial charge in [-0.15, -0.1) is 0 Å². The van der Waals surface area contributed by atoms with Crippen LogP contribution in [0.15, 0.2) is 10.6 Å². The monoisotopic (exact) mass is 198 g/mol. The van der Waals surface area contributed by atoms with Crippen molar-refractivity contribution in [1.82, 2.24) is 10.5 Å². The third-order valence-electron chi connectivity index (χ3n) is 1.47. The summed E-state index contributed by atoms with van der Waals surface area (Å²) < 4.78 is 9.02. The van der Waals surface area contributed by atoms with Gasteiger partial charge in [0.25, 0.3) is 5.91 Å². The van der Waals surface area contributed by atoms with E-state index in [-0.39, 0.29) is 12.3 Å². The molecule has 1 amide bonds. The smallest absolute Gasteiger partial charge is 0.325 e. The van der Waals surface area contributed by atoms with Crippen LogP contribution in [-0.4, -0.2) is 30.7 Å². The highest BCUT2D eigenvalue weighted by atomic mass is 16.5. The lowest BCUT2D eigenvalue weighted by Gasteiger charge is -1.99. The first-order valence-electron chi connectivity index (χ1n) is 3.92. The molecule has 0 radical (unpaired) electrons. The van der Waals surface area contributed by atoms with Crippen LogP contribution in [0, 0.1) is 6.92 Å². The van der Waals surface area contributed by atoms with Gasteiger partial charge in [0, 0.05) is 6.07 Å². The number of hydrogen-bond acceptors (Lipinski definition) is 5. The van der Waals surface area contributed by atoms with Crippen molar-refractivity contribution < 1.29 is 18.8 Å². The van der Waals surface area contributed by atoms with Gasteiger partial charge in [0.1, 0.15) is 6.54 Å². The zero-order valence-corrected chi connectivity index (χ0v) is 7.86. The van der Waals surface area contributed by atoms with Gasteiger partial charge in [0.05, 0.1) is 12.8 Å². The van der Waals surface area contributed by atoms with E-state index in [2.05, 4.69) is 19.7 Å². The quantitative estimate of drug-likeness (QED) is 0.685. The van der Waals surface area contributed by atoms with Crippen LogP contribution < -0.4 is 5.32 Å². The molecule has 1 rings (SSSR count). The number of aromatic nitrogens is 1. The van der Waals surface area contributed by atoms with Gasteiger partial charge >= 0.3 is 5.97 Å². The van der Waals surface area contributed by atoms with Crippen molar-refractivity contribution in [2.75, 3.05) is 13.7 Å². The second-order valence-corrected chi connectivity index (χ2v) is 2.59. The summed E-state index contributed by atoms with van der Waals surface area (Å²) >= 11 is 0. The maximum atomic E-state index is 11.2. The zero-order chi connectivity index (χ0) is 10.6. The Morgan fingerprint density at radius 2 is 2.36 bits per heavy atom. The van der Waals surface area contributed by atoms with E-state index in [9.17, 15) is 9.59 Å². The first-order chi connectivity index (χ1) is 6.63. The van der Waals surface area contributed by atoms with Gasteiger partial charge in [-0.3, -0.25) is 9.59 Å². The van der Waals surface area contributed by atoms with Crippen molar-refractivity contribution in [3.63, 3.8) is 0 Å². The molecular formula is C8H10N2O4. The highest BCUT2D eigenvalue weighted by molar-refractivity contribution is 5.93. The second-order valence-electron chi connectivity index (χ2n) is 2.59. The van der Waals surface area contributed by atoms with E-state index < -0.39 is 11.9 Å².